The number of fused-ring (bicyclic) bond motifs is 1. The zero-order valence-electron chi connectivity index (χ0n) is 11.7. The lowest BCUT2D eigenvalue weighted by Crippen LogP contribution is -2.30. The van der Waals surface area contributed by atoms with E-state index in [1.54, 1.807) is 7.05 Å². The van der Waals surface area contributed by atoms with Crippen LogP contribution in [0.2, 0.25) is 0 Å². The van der Waals surface area contributed by atoms with E-state index < -0.39 is 15.8 Å². The monoisotopic (exact) mass is 305 g/mol. The van der Waals surface area contributed by atoms with Gasteiger partial charge in [-0.15, -0.1) is 0 Å². The van der Waals surface area contributed by atoms with Crippen LogP contribution in [-0.2, 0) is 16.4 Å². The Balaban J connectivity index is 1.95. The third-order valence-corrected chi connectivity index (χ3v) is 5.91. The van der Waals surface area contributed by atoms with Crippen molar-refractivity contribution in [3.8, 4) is 0 Å². The van der Waals surface area contributed by atoms with Crippen molar-refractivity contribution in [3.63, 3.8) is 0 Å². The van der Waals surface area contributed by atoms with Crippen molar-refractivity contribution in [2.45, 2.75) is 23.8 Å². The summed E-state index contributed by atoms with van der Waals surface area (Å²) in [6.45, 7) is 0. The van der Waals surface area contributed by atoms with Crippen molar-refractivity contribution >= 4 is 10.0 Å². The molecule has 2 aromatic rings. The van der Waals surface area contributed by atoms with Crippen LogP contribution in [0.1, 0.15) is 23.6 Å². The summed E-state index contributed by atoms with van der Waals surface area (Å²) in [4.78, 5) is 0.121. The van der Waals surface area contributed by atoms with Crippen LogP contribution in [0.15, 0.2) is 53.4 Å². The molecule has 0 saturated heterocycles. The smallest absolute Gasteiger partial charge is 0.207 e. The number of hydrogen-bond donors (Lipinski definition) is 0. The summed E-state index contributed by atoms with van der Waals surface area (Å²) in [5, 5.41) is 0. The number of nitrogens with zero attached hydrogens (tertiary/aromatic N) is 1. The quantitative estimate of drug-likeness (QED) is 0.873. The average molecular weight is 305 g/mol. The topological polar surface area (TPSA) is 37.4 Å². The standard InChI is InChI=1S/C16H16FNO2S/c1-18(16-11-6-12-4-2-3-5-15(12)16)21(19,20)14-9-7-13(17)8-10-14/h2-5,7-10,16H,6,11H2,1H3. The summed E-state index contributed by atoms with van der Waals surface area (Å²) in [5.74, 6) is -0.442. The fourth-order valence-electron chi connectivity index (χ4n) is 2.85. The van der Waals surface area contributed by atoms with Gasteiger partial charge in [0.1, 0.15) is 5.82 Å². The van der Waals surface area contributed by atoms with E-state index >= 15 is 0 Å². The van der Waals surface area contributed by atoms with Crippen molar-refractivity contribution in [2.75, 3.05) is 7.05 Å². The molecule has 0 spiro atoms. The molecule has 1 atom stereocenters. The number of rotatable bonds is 3. The van der Waals surface area contributed by atoms with E-state index in [0.717, 1.165) is 18.4 Å². The van der Waals surface area contributed by atoms with Crippen molar-refractivity contribution in [3.05, 3.63) is 65.5 Å². The molecule has 3 rings (SSSR count). The molecule has 2 aromatic carbocycles. The summed E-state index contributed by atoms with van der Waals surface area (Å²) in [5.41, 5.74) is 2.26. The number of halogens is 1. The van der Waals surface area contributed by atoms with E-state index in [1.165, 1.54) is 34.1 Å². The van der Waals surface area contributed by atoms with Gasteiger partial charge in [-0.05, 0) is 48.2 Å². The maximum Gasteiger partial charge on any atom is 0.243 e. The normalized spacial score (nSPS) is 18.0. The van der Waals surface area contributed by atoms with E-state index in [1.807, 2.05) is 24.3 Å². The van der Waals surface area contributed by atoms with E-state index in [0.29, 0.717) is 0 Å². The van der Waals surface area contributed by atoms with Crippen LogP contribution in [-0.4, -0.2) is 19.8 Å². The lowest BCUT2D eigenvalue weighted by molar-refractivity contribution is 0.374. The van der Waals surface area contributed by atoms with Crippen molar-refractivity contribution < 1.29 is 12.8 Å². The summed E-state index contributed by atoms with van der Waals surface area (Å²) >= 11 is 0. The molecule has 0 aliphatic heterocycles. The predicted molar refractivity (Wildman–Crippen MR) is 78.9 cm³/mol. The van der Waals surface area contributed by atoms with Gasteiger partial charge in [0.25, 0.3) is 0 Å². The van der Waals surface area contributed by atoms with Crippen molar-refractivity contribution in [2.24, 2.45) is 0 Å². The van der Waals surface area contributed by atoms with Crippen LogP contribution in [0.3, 0.4) is 0 Å². The minimum atomic E-state index is -3.62. The van der Waals surface area contributed by atoms with Crippen LogP contribution >= 0.6 is 0 Å². The number of sulfonamides is 1. The van der Waals surface area contributed by atoms with Gasteiger partial charge >= 0.3 is 0 Å². The van der Waals surface area contributed by atoms with Gasteiger partial charge in [-0.2, -0.15) is 4.31 Å². The molecule has 110 valence electrons. The van der Waals surface area contributed by atoms with Gasteiger partial charge in [0.05, 0.1) is 10.9 Å². The summed E-state index contributed by atoms with van der Waals surface area (Å²) < 4.78 is 39.6. The van der Waals surface area contributed by atoms with Crippen LogP contribution in [0.25, 0.3) is 0 Å². The molecule has 0 amide bonds. The van der Waals surface area contributed by atoms with Crippen LogP contribution in [0, 0.1) is 5.82 Å². The van der Waals surface area contributed by atoms with Gasteiger partial charge in [-0.25, -0.2) is 12.8 Å². The lowest BCUT2D eigenvalue weighted by atomic mass is 10.1. The molecular formula is C16H16FNO2S. The molecule has 0 bridgehead atoms. The zero-order chi connectivity index (χ0) is 15.0. The second-order valence-corrected chi connectivity index (χ2v) is 7.23. The Morgan fingerprint density at radius 3 is 2.48 bits per heavy atom. The fourth-order valence-corrected chi connectivity index (χ4v) is 4.22. The molecule has 5 heteroatoms. The predicted octanol–water partition coefficient (Wildman–Crippen LogP) is 3.13. The highest BCUT2D eigenvalue weighted by Crippen LogP contribution is 2.37. The first-order valence-electron chi connectivity index (χ1n) is 6.81. The van der Waals surface area contributed by atoms with Crippen LogP contribution in [0.5, 0.6) is 0 Å². The molecule has 0 N–H and O–H groups in total. The van der Waals surface area contributed by atoms with E-state index in [-0.39, 0.29) is 10.9 Å². The fraction of sp³-hybridized carbons (Fsp3) is 0.250. The Morgan fingerprint density at radius 1 is 1.10 bits per heavy atom. The molecule has 3 nitrogen and oxygen atoms in total. The molecule has 21 heavy (non-hydrogen) atoms. The second kappa shape index (κ2) is 5.24. The van der Waals surface area contributed by atoms with E-state index in [2.05, 4.69) is 0 Å². The van der Waals surface area contributed by atoms with Crippen LogP contribution < -0.4 is 0 Å². The zero-order valence-corrected chi connectivity index (χ0v) is 12.5. The molecular weight excluding hydrogens is 289 g/mol. The van der Waals surface area contributed by atoms with E-state index in [9.17, 15) is 12.8 Å². The average Bonchev–Trinajstić information content (AvgIpc) is 2.90. The maximum absolute atomic E-state index is 13.0. The minimum Gasteiger partial charge on any atom is -0.207 e. The van der Waals surface area contributed by atoms with Gasteiger partial charge < -0.3 is 0 Å². The maximum atomic E-state index is 13.0. The Labute approximate surface area is 124 Å². The number of benzene rings is 2. The van der Waals surface area contributed by atoms with Crippen LogP contribution in [0.4, 0.5) is 4.39 Å². The minimum absolute atomic E-state index is 0.121. The Kier molecular flexibility index (Phi) is 3.55. The molecule has 1 unspecified atom stereocenters. The summed E-state index contributed by atoms with van der Waals surface area (Å²) in [6, 6.07) is 12.7. The number of aryl methyl sites for hydroxylation is 1. The highest BCUT2D eigenvalue weighted by molar-refractivity contribution is 7.89. The SMILES string of the molecule is CN(C1CCc2ccccc21)S(=O)(=O)c1ccc(F)cc1. The molecule has 1 aliphatic carbocycles. The summed E-state index contributed by atoms with van der Waals surface area (Å²) in [6.07, 6.45) is 1.65. The highest BCUT2D eigenvalue weighted by atomic mass is 32.2. The van der Waals surface area contributed by atoms with Gasteiger partial charge in [-0.3, -0.25) is 0 Å². The first kappa shape index (κ1) is 14.2. The van der Waals surface area contributed by atoms with Gasteiger partial charge in [0.2, 0.25) is 10.0 Å². The Morgan fingerprint density at radius 2 is 1.76 bits per heavy atom. The largest absolute Gasteiger partial charge is 0.243 e. The van der Waals surface area contributed by atoms with Crippen molar-refractivity contribution in [1.29, 1.82) is 0 Å². The van der Waals surface area contributed by atoms with E-state index in [4.69, 9.17) is 0 Å². The first-order chi connectivity index (χ1) is 10.00. The van der Waals surface area contributed by atoms with Gasteiger partial charge in [-0.1, -0.05) is 24.3 Å². The summed E-state index contributed by atoms with van der Waals surface area (Å²) in [7, 11) is -2.03. The van der Waals surface area contributed by atoms with Gasteiger partial charge in [0, 0.05) is 7.05 Å². The highest BCUT2D eigenvalue weighted by Gasteiger charge is 2.33. The van der Waals surface area contributed by atoms with Crippen molar-refractivity contribution in [1.82, 2.24) is 4.31 Å². The molecule has 1 aliphatic rings. The third kappa shape index (κ3) is 2.47. The molecule has 0 fully saturated rings. The molecule has 0 aromatic heterocycles. The number of hydrogen-bond acceptors (Lipinski definition) is 2. The first-order valence-corrected chi connectivity index (χ1v) is 8.25. The molecule has 0 radical (unpaired) electrons. The third-order valence-electron chi connectivity index (χ3n) is 4.03. The lowest BCUT2D eigenvalue weighted by Gasteiger charge is -2.24. The Bertz CT molecular complexity index is 756. The second-order valence-electron chi connectivity index (χ2n) is 5.23. The molecule has 0 heterocycles. The Hall–Kier alpha value is -1.72. The molecule has 0 saturated carbocycles. The van der Waals surface area contributed by atoms with Gasteiger partial charge in [0.15, 0.2) is 0 Å².